The van der Waals surface area contributed by atoms with Crippen LogP contribution in [0.4, 0.5) is 0 Å². The maximum Gasteiger partial charge on any atom is 0.242 e. The van der Waals surface area contributed by atoms with Crippen LogP contribution in [0, 0.1) is 11.3 Å². The maximum absolute atomic E-state index is 12.4. The first-order valence-corrected chi connectivity index (χ1v) is 9.93. The largest absolute Gasteiger partial charge is 0.379 e. The third-order valence-electron chi connectivity index (χ3n) is 4.30. The Balaban J connectivity index is 1.61. The molecule has 26 heavy (non-hydrogen) atoms. The average molecular weight is 371 g/mol. The second kappa shape index (κ2) is 8.43. The van der Waals surface area contributed by atoms with Gasteiger partial charge in [-0.05, 0) is 23.3 Å². The van der Waals surface area contributed by atoms with Crippen molar-refractivity contribution in [1.29, 1.82) is 5.26 Å². The number of morpholine rings is 1. The fourth-order valence-corrected chi connectivity index (χ4v) is 4.00. The van der Waals surface area contributed by atoms with Gasteiger partial charge in [0.1, 0.15) is 6.07 Å². The van der Waals surface area contributed by atoms with Crippen LogP contribution in [0.5, 0.6) is 0 Å². The van der Waals surface area contributed by atoms with E-state index in [9.17, 15) is 8.42 Å². The summed E-state index contributed by atoms with van der Waals surface area (Å²) in [6, 6.07) is 16.0. The normalized spacial score (nSPS) is 15.5. The van der Waals surface area contributed by atoms with E-state index >= 15 is 0 Å². The molecule has 1 heterocycles. The van der Waals surface area contributed by atoms with Crippen LogP contribution in [-0.4, -0.2) is 39.6 Å². The number of ether oxygens (including phenoxy) is 1. The van der Waals surface area contributed by atoms with Gasteiger partial charge in [-0.1, -0.05) is 36.4 Å². The summed E-state index contributed by atoms with van der Waals surface area (Å²) in [7, 11) is -3.73. The molecular weight excluding hydrogens is 350 g/mol. The summed E-state index contributed by atoms with van der Waals surface area (Å²) in [4.78, 5) is 2.34. The van der Waals surface area contributed by atoms with Crippen molar-refractivity contribution in [3.8, 4) is 6.07 Å². The van der Waals surface area contributed by atoms with Gasteiger partial charge in [-0.25, -0.2) is 13.1 Å². The fourth-order valence-electron chi connectivity index (χ4n) is 2.83. The molecule has 2 aromatic carbocycles. The minimum Gasteiger partial charge on any atom is -0.379 e. The van der Waals surface area contributed by atoms with E-state index in [0.717, 1.165) is 38.4 Å². The van der Waals surface area contributed by atoms with E-state index in [4.69, 9.17) is 10.00 Å². The molecule has 0 radical (unpaired) electrons. The highest BCUT2D eigenvalue weighted by Gasteiger charge is 2.17. The van der Waals surface area contributed by atoms with Crippen LogP contribution in [0.2, 0.25) is 0 Å². The van der Waals surface area contributed by atoms with E-state index in [1.165, 1.54) is 17.7 Å². The number of nitriles is 1. The molecular formula is C19H21N3O3S. The highest BCUT2D eigenvalue weighted by Crippen LogP contribution is 2.15. The predicted octanol–water partition coefficient (Wildman–Crippen LogP) is 1.87. The highest BCUT2D eigenvalue weighted by atomic mass is 32.2. The SMILES string of the molecule is N#Cc1ccccc1S(=O)(=O)NCc1ccc(CN2CCOCC2)cc1. The molecule has 1 N–H and O–H groups in total. The number of hydrogen-bond acceptors (Lipinski definition) is 5. The van der Waals surface area contributed by atoms with Crippen LogP contribution in [0.25, 0.3) is 0 Å². The van der Waals surface area contributed by atoms with Crippen molar-refractivity contribution in [2.24, 2.45) is 0 Å². The van der Waals surface area contributed by atoms with Gasteiger partial charge in [0, 0.05) is 26.2 Å². The molecule has 3 rings (SSSR count). The Morgan fingerprint density at radius 2 is 1.69 bits per heavy atom. The van der Waals surface area contributed by atoms with Gasteiger partial charge in [0.05, 0.1) is 23.7 Å². The van der Waals surface area contributed by atoms with Crippen LogP contribution in [0.1, 0.15) is 16.7 Å². The zero-order chi connectivity index (χ0) is 18.4. The number of nitrogens with zero attached hydrogens (tertiary/aromatic N) is 2. The summed E-state index contributed by atoms with van der Waals surface area (Å²) in [5.74, 6) is 0. The molecule has 1 aliphatic heterocycles. The Bertz CT molecular complexity index is 883. The van der Waals surface area contributed by atoms with Gasteiger partial charge in [-0.2, -0.15) is 5.26 Å². The molecule has 7 heteroatoms. The third kappa shape index (κ3) is 4.68. The zero-order valence-corrected chi connectivity index (χ0v) is 15.2. The lowest BCUT2D eigenvalue weighted by Crippen LogP contribution is -2.35. The summed E-state index contributed by atoms with van der Waals surface area (Å²) in [5.41, 5.74) is 2.20. The second-order valence-electron chi connectivity index (χ2n) is 6.14. The second-order valence-corrected chi connectivity index (χ2v) is 7.87. The highest BCUT2D eigenvalue weighted by molar-refractivity contribution is 7.89. The van der Waals surface area contributed by atoms with E-state index < -0.39 is 10.0 Å². The molecule has 6 nitrogen and oxygen atoms in total. The molecule has 1 fully saturated rings. The van der Waals surface area contributed by atoms with Gasteiger partial charge in [-0.3, -0.25) is 4.90 Å². The van der Waals surface area contributed by atoms with Crippen molar-refractivity contribution >= 4 is 10.0 Å². The Labute approximate surface area is 154 Å². The summed E-state index contributed by atoms with van der Waals surface area (Å²) in [6.07, 6.45) is 0. The molecule has 0 spiro atoms. The van der Waals surface area contributed by atoms with E-state index in [2.05, 4.69) is 9.62 Å². The van der Waals surface area contributed by atoms with Crippen LogP contribution in [0.3, 0.4) is 0 Å². The van der Waals surface area contributed by atoms with Gasteiger partial charge in [-0.15, -0.1) is 0 Å². The summed E-state index contributed by atoms with van der Waals surface area (Å²) < 4.78 is 32.8. The smallest absolute Gasteiger partial charge is 0.242 e. The van der Waals surface area contributed by atoms with Crippen LogP contribution in [0.15, 0.2) is 53.4 Å². The Morgan fingerprint density at radius 3 is 2.38 bits per heavy atom. The van der Waals surface area contributed by atoms with Crippen LogP contribution >= 0.6 is 0 Å². The molecule has 136 valence electrons. The maximum atomic E-state index is 12.4. The number of nitrogens with one attached hydrogen (secondary N) is 1. The van der Waals surface area contributed by atoms with Crippen LogP contribution < -0.4 is 4.72 Å². The minimum absolute atomic E-state index is 0.00596. The molecule has 0 bridgehead atoms. The zero-order valence-electron chi connectivity index (χ0n) is 14.4. The van der Waals surface area contributed by atoms with E-state index in [0.29, 0.717) is 0 Å². The van der Waals surface area contributed by atoms with Gasteiger partial charge >= 0.3 is 0 Å². The average Bonchev–Trinajstić information content (AvgIpc) is 2.68. The number of hydrogen-bond donors (Lipinski definition) is 1. The van der Waals surface area contributed by atoms with E-state index in [1.54, 1.807) is 12.1 Å². The van der Waals surface area contributed by atoms with Gasteiger partial charge in [0.25, 0.3) is 0 Å². The monoisotopic (exact) mass is 371 g/mol. The fraction of sp³-hybridized carbons (Fsp3) is 0.316. The van der Waals surface area contributed by atoms with Gasteiger partial charge in [0.2, 0.25) is 10.0 Å². The van der Waals surface area contributed by atoms with Gasteiger partial charge < -0.3 is 4.74 Å². The first-order chi connectivity index (χ1) is 12.6. The van der Waals surface area contributed by atoms with Crippen molar-refractivity contribution < 1.29 is 13.2 Å². The van der Waals surface area contributed by atoms with E-state index in [-0.39, 0.29) is 17.0 Å². The van der Waals surface area contributed by atoms with Crippen molar-refractivity contribution in [1.82, 2.24) is 9.62 Å². The number of rotatable bonds is 6. The number of sulfonamides is 1. The standard InChI is InChI=1S/C19H21N3O3S/c20-13-18-3-1-2-4-19(18)26(23,24)21-14-16-5-7-17(8-6-16)15-22-9-11-25-12-10-22/h1-8,21H,9-12,14-15H2. The molecule has 0 aromatic heterocycles. The summed E-state index contributed by atoms with van der Waals surface area (Å²) in [6.45, 7) is 4.44. The predicted molar refractivity (Wildman–Crippen MR) is 97.7 cm³/mol. The molecule has 1 aliphatic rings. The Morgan fingerprint density at radius 1 is 1.04 bits per heavy atom. The lowest BCUT2D eigenvalue weighted by atomic mass is 10.1. The van der Waals surface area contributed by atoms with Crippen LogP contribution in [-0.2, 0) is 27.8 Å². The molecule has 0 saturated carbocycles. The first-order valence-electron chi connectivity index (χ1n) is 8.45. The molecule has 1 saturated heterocycles. The Hall–Kier alpha value is -2.24. The summed E-state index contributed by atoms with van der Waals surface area (Å²) >= 11 is 0. The minimum atomic E-state index is -3.73. The topological polar surface area (TPSA) is 82.4 Å². The molecule has 0 amide bonds. The quantitative estimate of drug-likeness (QED) is 0.838. The molecule has 0 aliphatic carbocycles. The molecule has 0 unspecified atom stereocenters. The molecule has 2 aromatic rings. The van der Waals surface area contributed by atoms with Crippen molar-refractivity contribution in [2.75, 3.05) is 26.3 Å². The van der Waals surface area contributed by atoms with Crippen molar-refractivity contribution in [3.05, 3.63) is 65.2 Å². The lowest BCUT2D eigenvalue weighted by Gasteiger charge is -2.26. The van der Waals surface area contributed by atoms with Gasteiger partial charge in [0.15, 0.2) is 0 Å². The molecule has 0 atom stereocenters. The van der Waals surface area contributed by atoms with Crippen molar-refractivity contribution in [3.63, 3.8) is 0 Å². The third-order valence-corrected chi connectivity index (χ3v) is 5.76. The number of benzene rings is 2. The Kier molecular flexibility index (Phi) is 6.01. The van der Waals surface area contributed by atoms with E-state index in [1.807, 2.05) is 30.3 Å². The lowest BCUT2D eigenvalue weighted by molar-refractivity contribution is 0.0342. The van der Waals surface area contributed by atoms with Crippen molar-refractivity contribution in [2.45, 2.75) is 18.0 Å². The first kappa shape index (κ1) is 18.5. The summed E-state index contributed by atoms with van der Waals surface area (Å²) in [5, 5.41) is 9.08.